The molecule has 132 valence electrons. The standard InChI is InChI=1S/C17H22F3N3O/c1-8-6-17(2,3)13-10(18)4-5-11(12(8)13)23-16(24)9(7-21)14(22)15(19)20/h4-5,7-8,14-15H,6,21-22H2,1-3H3,(H,23,24)/b9-7+. The van der Waals surface area contributed by atoms with Gasteiger partial charge in [-0.15, -0.1) is 0 Å². The molecule has 0 radical (unpaired) electrons. The SMILES string of the molecule is CC1CC(C)(C)c2c(F)ccc(NC(=O)/C(=C/N)C(N)C(F)F)c21. The number of amides is 1. The molecule has 24 heavy (non-hydrogen) atoms. The van der Waals surface area contributed by atoms with E-state index in [1.165, 1.54) is 12.1 Å². The van der Waals surface area contributed by atoms with Gasteiger partial charge in [0.1, 0.15) is 5.82 Å². The molecule has 0 saturated heterocycles. The summed E-state index contributed by atoms with van der Waals surface area (Å²) in [6.07, 6.45) is -1.41. The predicted octanol–water partition coefficient (Wildman–Crippen LogP) is 2.98. The van der Waals surface area contributed by atoms with Gasteiger partial charge in [-0.3, -0.25) is 4.79 Å². The molecule has 0 heterocycles. The fraction of sp³-hybridized carbons (Fsp3) is 0.471. The van der Waals surface area contributed by atoms with Crippen LogP contribution in [0.2, 0.25) is 0 Å². The second-order valence-electron chi connectivity index (χ2n) is 6.81. The van der Waals surface area contributed by atoms with Crippen molar-refractivity contribution in [3.8, 4) is 0 Å². The molecule has 1 aromatic rings. The first kappa shape index (κ1) is 18.3. The van der Waals surface area contributed by atoms with Gasteiger partial charge in [0, 0.05) is 11.9 Å². The molecule has 1 amide bonds. The van der Waals surface area contributed by atoms with Crippen LogP contribution < -0.4 is 16.8 Å². The third-order valence-corrected chi connectivity index (χ3v) is 4.50. The van der Waals surface area contributed by atoms with E-state index in [9.17, 15) is 18.0 Å². The Morgan fingerprint density at radius 1 is 1.42 bits per heavy atom. The van der Waals surface area contributed by atoms with Crippen molar-refractivity contribution < 1.29 is 18.0 Å². The van der Waals surface area contributed by atoms with Gasteiger partial charge in [-0.2, -0.15) is 0 Å². The predicted molar refractivity (Wildman–Crippen MR) is 87.3 cm³/mol. The summed E-state index contributed by atoms with van der Waals surface area (Å²) in [4.78, 5) is 12.3. The maximum atomic E-state index is 14.3. The highest BCUT2D eigenvalue weighted by Gasteiger charge is 2.39. The summed E-state index contributed by atoms with van der Waals surface area (Å²) in [5.74, 6) is -1.12. The Morgan fingerprint density at radius 2 is 2.04 bits per heavy atom. The van der Waals surface area contributed by atoms with E-state index in [1.54, 1.807) is 0 Å². The maximum absolute atomic E-state index is 14.3. The minimum absolute atomic E-state index is 0.0232. The number of carbonyl (C=O) groups excluding carboxylic acids is 1. The van der Waals surface area contributed by atoms with Crippen molar-refractivity contribution in [1.82, 2.24) is 0 Å². The average molecular weight is 341 g/mol. The first-order valence-corrected chi connectivity index (χ1v) is 7.70. The maximum Gasteiger partial charge on any atom is 0.257 e. The Labute approximate surface area is 139 Å². The smallest absolute Gasteiger partial charge is 0.257 e. The topological polar surface area (TPSA) is 81.1 Å². The fourth-order valence-corrected chi connectivity index (χ4v) is 3.54. The summed E-state index contributed by atoms with van der Waals surface area (Å²) in [6.45, 7) is 5.80. The Balaban J connectivity index is 2.39. The molecule has 2 rings (SSSR count). The number of nitrogens with one attached hydrogen (secondary N) is 1. The average Bonchev–Trinajstić information content (AvgIpc) is 2.73. The number of rotatable bonds is 4. The molecule has 1 aromatic carbocycles. The second-order valence-corrected chi connectivity index (χ2v) is 6.81. The molecule has 0 aliphatic heterocycles. The van der Waals surface area contributed by atoms with Crippen LogP contribution in [0.1, 0.15) is 44.2 Å². The highest BCUT2D eigenvalue weighted by molar-refractivity contribution is 6.05. The second kappa shape index (κ2) is 6.47. The summed E-state index contributed by atoms with van der Waals surface area (Å²) in [5, 5.41) is 2.56. The van der Waals surface area contributed by atoms with Crippen LogP contribution in [0.5, 0.6) is 0 Å². The molecule has 2 atom stereocenters. The molecule has 0 bridgehead atoms. The van der Waals surface area contributed by atoms with Crippen molar-refractivity contribution in [2.45, 2.75) is 51.0 Å². The van der Waals surface area contributed by atoms with Gasteiger partial charge in [0.05, 0.1) is 11.6 Å². The van der Waals surface area contributed by atoms with Gasteiger partial charge in [0.2, 0.25) is 0 Å². The van der Waals surface area contributed by atoms with Crippen molar-refractivity contribution in [2.24, 2.45) is 11.5 Å². The van der Waals surface area contributed by atoms with E-state index in [1.807, 2.05) is 20.8 Å². The van der Waals surface area contributed by atoms with Gasteiger partial charge in [0.15, 0.2) is 0 Å². The molecule has 0 aromatic heterocycles. The number of alkyl halides is 2. The van der Waals surface area contributed by atoms with Gasteiger partial charge in [0.25, 0.3) is 12.3 Å². The minimum atomic E-state index is -2.91. The van der Waals surface area contributed by atoms with E-state index < -0.39 is 23.9 Å². The fourth-order valence-electron chi connectivity index (χ4n) is 3.54. The van der Waals surface area contributed by atoms with Crippen LogP contribution >= 0.6 is 0 Å². The molecular weight excluding hydrogens is 319 g/mol. The molecule has 0 fully saturated rings. The van der Waals surface area contributed by atoms with Gasteiger partial charge in [-0.05, 0) is 41.0 Å². The molecule has 1 aliphatic carbocycles. The van der Waals surface area contributed by atoms with Crippen molar-refractivity contribution in [3.05, 3.63) is 40.8 Å². The zero-order chi connectivity index (χ0) is 18.2. The summed E-state index contributed by atoms with van der Waals surface area (Å²) in [6, 6.07) is 0.927. The van der Waals surface area contributed by atoms with Crippen LogP contribution in [0.3, 0.4) is 0 Å². The molecule has 5 N–H and O–H groups in total. The minimum Gasteiger partial charge on any atom is -0.404 e. The summed E-state index contributed by atoms with van der Waals surface area (Å²) >= 11 is 0. The Morgan fingerprint density at radius 3 is 2.58 bits per heavy atom. The third-order valence-electron chi connectivity index (χ3n) is 4.50. The molecule has 0 spiro atoms. The number of anilines is 1. The van der Waals surface area contributed by atoms with Gasteiger partial charge < -0.3 is 16.8 Å². The van der Waals surface area contributed by atoms with E-state index in [-0.39, 0.29) is 17.2 Å². The largest absolute Gasteiger partial charge is 0.404 e. The van der Waals surface area contributed by atoms with Crippen LogP contribution in [-0.2, 0) is 10.2 Å². The zero-order valence-corrected chi connectivity index (χ0v) is 13.9. The van der Waals surface area contributed by atoms with Crippen LogP contribution in [0, 0.1) is 5.82 Å². The summed E-state index contributed by atoms with van der Waals surface area (Å²) < 4.78 is 39.8. The number of halogens is 3. The summed E-state index contributed by atoms with van der Waals surface area (Å²) in [7, 11) is 0. The van der Waals surface area contributed by atoms with Crippen LogP contribution in [-0.4, -0.2) is 18.4 Å². The lowest BCUT2D eigenvalue weighted by molar-refractivity contribution is -0.113. The quantitative estimate of drug-likeness (QED) is 0.737. The lowest BCUT2D eigenvalue weighted by Gasteiger charge is -2.21. The Bertz CT molecular complexity index is 686. The van der Waals surface area contributed by atoms with Crippen LogP contribution in [0.15, 0.2) is 23.9 Å². The number of hydrogen-bond acceptors (Lipinski definition) is 3. The number of nitrogens with two attached hydrogens (primary N) is 2. The first-order valence-electron chi connectivity index (χ1n) is 7.70. The summed E-state index contributed by atoms with van der Waals surface area (Å²) in [5.41, 5.74) is 11.4. The Hall–Kier alpha value is -2.02. The van der Waals surface area contributed by atoms with E-state index in [2.05, 4.69) is 5.32 Å². The zero-order valence-electron chi connectivity index (χ0n) is 13.9. The number of fused-ring (bicyclic) bond motifs is 1. The first-order chi connectivity index (χ1) is 11.1. The number of carbonyl (C=O) groups is 1. The lowest BCUT2D eigenvalue weighted by Crippen LogP contribution is -2.37. The van der Waals surface area contributed by atoms with E-state index in [0.29, 0.717) is 16.8 Å². The van der Waals surface area contributed by atoms with Crippen LogP contribution in [0.25, 0.3) is 0 Å². The van der Waals surface area contributed by atoms with Gasteiger partial charge in [-0.25, -0.2) is 13.2 Å². The van der Waals surface area contributed by atoms with E-state index >= 15 is 0 Å². The Kier molecular flexibility index (Phi) is 4.94. The van der Waals surface area contributed by atoms with Crippen LogP contribution in [0.4, 0.5) is 18.9 Å². The highest BCUT2D eigenvalue weighted by atomic mass is 19.3. The third kappa shape index (κ3) is 3.13. The normalized spacial score (nSPS) is 20.8. The van der Waals surface area contributed by atoms with E-state index in [0.717, 1.165) is 12.6 Å². The highest BCUT2D eigenvalue weighted by Crippen LogP contribution is 2.49. The molecule has 1 aliphatic rings. The van der Waals surface area contributed by atoms with E-state index in [4.69, 9.17) is 11.5 Å². The van der Waals surface area contributed by atoms with Crippen molar-refractivity contribution in [1.29, 1.82) is 0 Å². The van der Waals surface area contributed by atoms with Crippen molar-refractivity contribution >= 4 is 11.6 Å². The molecule has 2 unspecified atom stereocenters. The van der Waals surface area contributed by atoms with Crippen molar-refractivity contribution in [2.75, 3.05) is 5.32 Å². The molecule has 0 saturated carbocycles. The number of hydrogen-bond donors (Lipinski definition) is 3. The molecule has 4 nitrogen and oxygen atoms in total. The van der Waals surface area contributed by atoms with Crippen molar-refractivity contribution in [3.63, 3.8) is 0 Å². The van der Waals surface area contributed by atoms with Gasteiger partial charge >= 0.3 is 0 Å². The van der Waals surface area contributed by atoms with Gasteiger partial charge in [-0.1, -0.05) is 20.8 Å². The lowest BCUT2D eigenvalue weighted by atomic mass is 9.85. The molecule has 7 heteroatoms. The molecular formula is C17H22F3N3O. The monoisotopic (exact) mass is 341 g/mol. The number of benzene rings is 1.